The lowest BCUT2D eigenvalue weighted by Crippen LogP contribution is -2.16. The molecular weight excluding hydrogens is 402 g/mol. The number of fused-ring (bicyclic) bond motifs is 1. The van der Waals surface area contributed by atoms with E-state index in [1.807, 2.05) is 26.0 Å². The average Bonchev–Trinajstić information content (AvgIpc) is 3.11. The van der Waals surface area contributed by atoms with Crippen LogP contribution in [0.1, 0.15) is 11.1 Å². The maximum atomic E-state index is 13.0. The van der Waals surface area contributed by atoms with E-state index in [1.54, 1.807) is 48.5 Å². The fraction of sp³-hybridized carbons (Fsp3) is 0.0909. The molecule has 1 heterocycles. The van der Waals surface area contributed by atoms with Crippen molar-refractivity contribution in [2.75, 3.05) is 0 Å². The molecule has 0 unspecified atom stereocenters. The molecule has 0 spiro atoms. The Balaban J connectivity index is 1.77. The van der Waals surface area contributed by atoms with Gasteiger partial charge in [-0.1, -0.05) is 29.8 Å². The normalized spacial score (nSPS) is 11.5. The number of ether oxygens (including phenoxy) is 1. The monoisotopic (exact) mass is 421 g/mol. The zero-order valence-electron chi connectivity index (χ0n) is 16.4. The number of nitrogens with two attached hydrogens (primary N) is 1. The van der Waals surface area contributed by atoms with Crippen molar-refractivity contribution in [2.24, 2.45) is 5.73 Å². The minimum Gasteiger partial charge on any atom is -0.410 e. The molecule has 7 nitrogen and oxygen atoms in total. The molecule has 0 radical (unpaired) electrons. The van der Waals surface area contributed by atoms with Crippen LogP contribution in [0.5, 0.6) is 5.75 Å². The van der Waals surface area contributed by atoms with Crippen LogP contribution in [0.2, 0.25) is 0 Å². The summed E-state index contributed by atoms with van der Waals surface area (Å²) >= 11 is 0. The molecule has 0 aliphatic heterocycles. The Morgan fingerprint density at radius 2 is 1.67 bits per heavy atom. The van der Waals surface area contributed by atoms with Crippen molar-refractivity contribution in [1.29, 1.82) is 0 Å². The Hall–Kier alpha value is -3.65. The zero-order valence-corrected chi connectivity index (χ0v) is 17.2. The van der Waals surface area contributed by atoms with E-state index in [9.17, 15) is 13.2 Å². The second-order valence-electron chi connectivity index (χ2n) is 7.04. The molecule has 1 amide bonds. The number of carbonyl (C=O) groups is 1. The minimum atomic E-state index is -3.81. The first-order valence-electron chi connectivity index (χ1n) is 9.13. The molecule has 152 valence electrons. The second-order valence-corrected chi connectivity index (χ2v) is 8.80. The minimum absolute atomic E-state index is 0.175. The van der Waals surface area contributed by atoms with Crippen molar-refractivity contribution in [1.82, 2.24) is 9.19 Å². The molecule has 0 aliphatic carbocycles. The molecule has 3 aromatic carbocycles. The Bertz CT molecular complexity index is 1370. The highest BCUT2D eigenvalue weighted by molar-refractivity contribution is 7.90. The smallest absolute Gasteiger partial charge is 0.409 e. The molecule has 2 N–H and O–H groups in total. The summed E-state index contributed by atoms with van der Waals surface area (Å²) in [4.78, 5) is 11.2. The van der Waals surface area contributed by atoms with Crippen molar-refractivity contribution >= 4 is 27.0 Å². The molecule has 0 atom stereocenters. The number of hydrogen-bond acceptors (Lipinski definition) is 5. The number of hydrogen-bond donors (Lipinski definition) is 1. The van der Waals surface area contributed by atoms with Gasteiger partial charge in [0.2, 0.25) is 0 Å². The standard InChI is InChI=1S/C22H19N3O4S/c1-14-3-6-20(7-4-14)30(27,28)25-21-8-5-16(11-18(21)13-24-25)17-9-15(2)10-19(12-17)29-22(23)26/h3-13H,1-2H3,(H2,23,26). The number of aryl methyl sites for hydroxylation is 2. The van der Waals surface area contributed by atoms with E-state index in [2.05, 4.69) is 5.10 Å². The molecule has 30 heavy (non-hydrogen) atoms. The van der Waals surface area contributed by atoms with Crippen LogP contribution in [0.15, 0.2) is 71.8 Å². The highest BCUT2D eigenvalue weighted by Gasteiger charge is 2.20. The third-order valence-corrected chi connectivity index (χ3v) is 6.30. The fourth-order valence-corrected chi connectivity index (χ4v) is 4.56. The fourth-order valence-electron chi connectivity index (χ4n) is 3.28. The van der Waals surface area contributed by atoms with E-state index in [4.69, 9.17) is 10.5 Å². The Morgan fingerprint density at radius 3 is 2.37 bits per heavy atom. The molecular formula is C22H19N3O4S. The SMILES string of the molecule is Cc1ccc(S(=O)(=O)n2ncc3cc(-c4cc(C)cc(OC(N)=O)c4)ccc32)cc1. The van der Waals surface area contributed by atoms with Crippen molar-refractivity contribution in [3.05, 3.63) is 78.0 Å². The van der Waals surface area contributed by atoms with Crippen LogP contribution < -0.4 is 10.5 Å². The van der Waals surface area contributed by atoms with Crippen molar-refractivity contribution < 1.29 is 17.9 Å². The summed E-state index contributed by atoms with van der Waals surface area (Å²) in [5.41, 5.74) is 9.08. The van der Waals surface area contributed by atoms with Gasteiger partial charge < -0.3 is 10.5 Å². The van der Waals surface area contributed by atoms with Gasteiger partial charge in [0.15, 0.2) is 0 Å². The summed E-state index contributed by atoms with van der Waals surface area (Å²) in [5, 5.41) is 4.79. The first-order chi connectivity index (χ1) is 14.2. The molecule has 0 bridgehead atoms. The third-order valence-electron chi connectivity index (χ3n) is 4.68. The predicted octanol–water partition coefficient (Wildman–Crippen LogP) is 4.01. The van der Waals surface area contributed by atoms with Gasteiger partial charge in [0.05, 0.1) is 16.6 Å². The van der Waals surface area contributed by atoms with Crippen LogP contribution in [0.4, 0.5) is 4.79 Å². The van der Waals surface area contributed by atoms with Crippen LogP contribution in [-0.2, 0) is 10.0 Å². The van der Waals surface area contributed by atoms with Gasteiger partial charge in [-0.25, -0.2) is 4.79 Å². The van der Waals surface area contributed by atoms with Crippen LogP contribution in [0.3, 0.4) is 0 Å². The zero-order chi connectivity index (χ0) is 21.5. The van der Waals surface area contributed by atoms with E-state index >= 15 is 0 Å². The van der Waals surface area contributed by atoms with Gasteiger partial charge in [-0.2, -0.15) is 17.6 Å². The number of rotatable bonds is 4. The van der Waals surface area contributed by atoms with Gasteiger partial charge in [0.1, 0.15) is 5.75 Å². The molecule has 4 aromatic rings. The van der Waals surface area contributed by atoms with Crippen molar-refractivity contribution in [3.8, 4) is 16.9 Å². The summed E-state index contributed by atoms with van der Waals surface area (Å²) in [6.07, 6.45) is 0.630. The Labute approximate surface area is 173 Å². The lowest BCUT2D eigenvalue weighted by atomic mass is 10.0. The van der Waals surface area contributed by atoms with E-state index in [-0.39, 0.29) is 4.90 Å². The molecule has 8 heteroatoms. The van der Waals surface area contributed by atoms with Crippen molar-refractivity contribution in [3.63, 3.8) is 0 Å². The second kappa shape index (κ2) is 7.31. The van der Waals surface area contributed by atoms with Crippen LogP contribution in [0.25, 0.3) is 22.0 Å². The quantitative estimate of drug-likeness (QED) is 0.536. The lowest BCUT2D eigenvalue weighted by molar-refractivity contribution is 0.211. The number of amides is 1. The maximum Gasteiger partial charge on any atom is 0.409 e. The number of benzene rings is 3. The number of aromatic nitrogens is 2. The third kappa shape index (κ3) is 3.65. The summed E-state index contributed by atoms with van der Waals surface area (Å²) in [6, 6.07) is 17.3. The van der Waals surface area contributed by atoms with E-state index in [1.165, 1.54) is 6.20 Å². The average molecular weight is 421 g/mol. The van der Waals surface area contributed by atoms with E-state index in [0.717, 1.165) is 26.3 Å². The number of primary amides is 1. The van der Waals surface area contributed by atoms with E-state index < -0.39 is 16.1 Å². The first-order valence-corrected chi connectivity index (χ1v) is 10.6. The summed E-state index contributed by atoms with van der Waals surface area (Å²) in [7, 11) is -3.81. The first kappa shape index (κ1) is 19.7. The van der Waals surface area contributed by atoms with Gasteiger partial charge in [-0.15, -0.1) is 0 Å². The van der Waals surface area contributed by atoms with Gasteiger partial charge in [-0.3, -0.25) is 0 Å². The summed E-state index contributed by atoms with van der Waals surface area (Å²) < 4.78 is 32.0. The van der Waals surface area contributed by atoms with Gasteiger partial charge in [-0.05, 0) is 66.9 Å². The highest BCUT2D eigenvalue weighted by atomic mass is 32.2. The summed E-state index contributed by atoms with van der Waals surface area (Å²) in [5.74, 6) is 0.343. The van der Waals surface area contributed by atoms with Crippen molar-refractivity contribution in [2.45, 2.75) is 18.7 Å². The number of nitrogens with zero attached hydrogens (tertiary/aromatic N) is 2. The topological polar surface area (TPSA) is 104 Å². The van der Waals surface area contributed by atoms with Crippen LogP contribution >= 0.6 is 0 Å². The molecule has 0 saturated carbocycles. The molecule has 0 aliphatic rings. The predicted molar refractivity (Wildman–Crippen MR) is 114 cm³/mol. The van der Waals surface area contributed by atoms with Gasteiger partial charge >= 0.3 is 6.09 Å². The molecule has 0 saturated heterocycles. The Kier molecular flexibility index (Phi) is 4.79. The van der Waals surface area contributed by atoms with Crippen LogP contribution in [0, 0.1) is 13.8 Å². The number of carbonyl (C=O) groups excluding carboxylic acids is 1. The molecule has 1 aromatic heterocycles. The maximum absolute atomic E-state index is 13.0. The Morgan fingerprint density at radius 1 is 0.933 bits per heavy atom. The lowest BCUT2D eigenvalue weighted by Gasteiger charge is -2.09. The summed E-state index contributed by atoms with van der Waals surface area (Å²) in [6.45, 7) is 3.77. The van der Waals surface area contributed by atoms with E-state index in [0.29, 0.717) is 16.7 Å². The van der Waals surface area contributed by atoms with Gasteiger partial charge in [0, 0.05) is 5.39 Å². The largest absolute Gasteiger partial charge is 0.410 e. The highest BCUT2D eigenvalue weighted by Crippen LogP contribution is 2.30. The molecule has 0 fully saturated rings. The van der Waals surface area contributed by atoms with Gasteiger partial charge in [0.25, 0.3) is 10.0 Å². The van der Waals surface area contributed by atoms with Crippen LogP contribution in [-0.4, -0.2) is 23.7 Å². The molecule has 4 rings (SSSR count).